The number of rotatable bonds is 9. The highest BCUT2D eigenvalue weighted by atomic mass is 35.5. The molecule has 1 saturated heterocycles. The van der Waals surface area contributed by atoms with Gasteiger partial charge < -0.3 is 24.3 Å². The Morgan fingerprint density at radius 3 is 2.52 bits per heavy atom. The van der Waals surface area contributed by atoms with E-state index in [1.54, 1.807) is 10.7 Å². The molecule has 4 N–H and O–H groups in total. The maximum absolute atomic E-state index is 11.3. The van der Waals surface area contributed by atoms with E-state index in [0.29, 0.717) is 22.5 Å². The minimum Gasteiger partial charge on any atom is -0.480 e. The Labute approximate surface area is 232 Å². The first kappa shape index (κ1) is 25.8. The zero-order valence-corrected chi connectivity index (χ0v) is 21.8. The van der Waals surface area contributed by atoms with E-state index in [4.69, 9.17) is 31.2 Å². The van der Waals surface area contributed by atoms with Crippen molar-refractivity contribution < 1.29 is 19.3 Å². The van der Waals surface area contributed by atoms with E-state index in [9.17, 15) is 9.90 Å². The summed E-state index contributed by atoms with van der Waals surface area (Å²) in [5, 5.41) is 20.2. The van der Waals surface area contributed by atoms with Crippen molar-refractivity contribution in [2.75, 3.05) is 13.2 Å². The third-order valence-electron chi connectivity index (χ3n) is 6.76. The molecule has 2 aromatic heterocycles. The van der Waals surface area contributed by atoms with Crippen molar-refractivity contribution in [3.05, 3.63) is 82.5 Å². The van der Waals surface area contributed by atoms with Crippen LogP contribution in [0.5, 0.6) is 6.01 Å². The smallest absolute Gasteiger partial charge is 0.361 e. The number of imidazole rings is 1. The van der Waals surface area contributed by atoms with Crippen LogP contribution in [0.25, 0.3) is 39.0 Å². The first-order valence-electron chi connectivity index (χ1n) is 12.6. The quantitative estimate of drug-likeness (QED) is 0.157. The van der Waals surface area contributed by atoms with E-state index in [1.165, 1.54) is 6.33 Å². The Balaban J connectivity index is 1.21. The van der Waals surface area contributed by atoms with E-state index in [0.717, 1.165) is 34.3 Å². The fourth-order valence-electron chi connectivity index (χ4n) is 4.74. The number of hydrogen-bond acceptors (Lipinski definition) is 8. The molecule has 0 amide bonds. The number of nitrogens with zero attached hydrogens (tertiary/aromatic N) is 3. The molecule has 5 aromatic rings. The van der Waals surface area contributed by atoms with Gasteiger partial charge in [-0.3, -0.25) is 5.41 Å². The van der Waals surface area contributed by atoms with Gasteiger partial charge in [0, 0.05) is 12.0 Å². The normalized spacial score (nSPS) is 17.6. The second-order valence-electron chi connectivity index (χ2n) is 9.42. The average molecular weight is 561 g/mol. The highest BCUT2D eigenvalue weighted by molar-refractivity contribution is 6.34. The number of aliphatic hydroxyl groups excluding tert-OH is 1. The number of ether oxygens (including phenoxy) is 3. The minimum atomic E-state index is -0.562. The molecule has 11 nitrogen and oxygen atoms in total. The SMILES string of the molecule is N=COC[C@@H](Oc1nc2cc(-c3ccc(-c4ccc(-n5cnc(=O)[nH]5)cc4)cc3)c(Cl)cc2[nH]1)[C@@H]1C[C@H](O)CO1. The zero-order valence-electron chi connectivity index (χ0n) is 21.1. The van der Waals surface area contributed by atoms with Gasteiger partial charge in [0.1, 0.15) is 19.0 Å². The summed E-state index contributed by atoms with van der Waals surface area (Å²) in [6.07, 6.45) is 1.20. The molecule has 0 radical (unpaired) electrons. The van der Waals surface area contributed by atoms with Gasteiger partial charge in [0.15, 0.2) is 12.5 Å². The van der Waals surface area contributed by atoms with Gasteiger partial charge in [-0.25, -0.2) is 14.6 Å². The molecule has 1 aliphatic rings. The number of H-pyrrole nitrogens is 2. The van der Waals surface area contributed by atoms with Gasteiger partial charge in [-0.2, -0.15) is 9.97 Å². The van der Waals surface area contributed by atoms with Crippen LogP contribution in [0.2, 0.25) is 5.02 Å². The van der Waals surface area contributed by atoms with Gasteiger partial charge in [-0.1, -0.05) is 48.0 Å². The molecule has 204 valence electrons. The Bertz CT molecular complexity index is 1700. The Morgan fingerprint density at radius 2 is 1.88 bits per heavy atom. The second-order valence-corrected chi connectivity index (χ2v) is 9.82. The maximum atomic E-state index is 11.3. The molecule has 1 aliphatic heterocycles. The van der Waals surface area contributed by atoms with Gasteiger partial charge >= 0.3 is 5.69 Å². The fraction of sp³-hybridized carbons (Fsp3) is 0.214. The van der Waals surface area contributed by atoms with Crippen LogP contribution in [0.4, 0.5) is 0 Å². The topological polar surface area (TPSA) is 151 Å². The summed E-state index contributed by atoms with van der Waals surface area (Å²) in [6.45, 7) is 0.313. The Hall–Kier alpha value is -4.45. The van der Waals surface area contributed by atoms with Crippen molar-refractivity contribution in [3.8, 4) is 34.0 Å². The number of aliphatic hydroxyl groups is 1. The first-order valence-corrected chi connectivity index (χ1v) is 13.0. The summed E-state index contributed by atoms with van der Waals surface area (Å²) in [7, 11) is 0. The highest BCUT2D eigenvalue weighted by Crippen LogP contribution is 2.34. The van der Waals surface area contributed by atoms with Crippen molar-refractivity contribution in [3.63, 3.8) is 0 Å². The molecule has 6 rings (SSSR count). The van der Waals surface area contributed by atoms with Gasteiger partial charge in [0.2, 0.25) is 0 Å². The van der Waals surface area contributed by atoms with E-state index in [-0.39, 0.29) is 25.3 Å². The number of halogens is 1. The standard InChI is InChI=1S/C28H25ClN6O5/c29-22-11-24-23(32-28(33-24)40-26(13-38-14-30)25-9-20(36)12-39-25)10-21(22)18-3-1-16(2-4-18)17-5-7-19(8-6-17)35-15-31-27(37)34-35/h1-8,10-11,14-15,20,25-26,30,36H,9,12-13H2,(H,32,33)(H,34,37)/t20-,25-,26+/m0/s1. The molecule has 3 aromatic carbocycles. The van der Waals surface area contributed by atoms with Crippen molar-refractivity contribution >= 4 is 29.0 Å². The molecule has 40 heavy (non-hydrogen) atoms. The molecule has 0 bridgehead atoms. The summed E-state index contributed by atoms with van der Waals surface area (Å²) in [5.41, 5.74) is 5.59. The largest absolute Gasteiger partial charge is 0.480 e. The Morgan fingerprint density at radius 1 is 1.15 bits per heavy atom. The summed E-state index contributed by atoms with van der Waals surface area (Å²) in [4.78, 5) is 22.7. The van der Waals surface area contributed by atoms with E-state index >= 15 is 0 Å². The molecule has 12 heteroatoms. The first-order chi connectivity index (χ1) is 19.5. The second kappa shape index (κ2) is 11.0. The van der Waals surface area contributed by atoms with Gasteiger partial charge in [-0.15, -0.1) is 0 Å². The molecule has 0 aliphatic carbocycles. The number of benzene rings is 3. The monoisotopic (exact) mass is 560 g/mol. The molecular formula is C28H25ClN6O5. The number of aromatic amines is 2. The molecule has 3 heterocycles. The average Bonchev–Trinajstić information content (AvgIpc) is 3.70. The number of hydrogen-bond donors (Lipinski definition) is 4. The highest BCUT2D eigenvalue weighted by Gasteiger charge is 2.33. The summed E-state index contributed by atoms with van der Waals surface area (Å²) < 4.78 is 18.3. The number of aromatic nitrogens is 5. The number of nitrogens with one attached hydrogen (secondary N) is 3. The zero-order chi connectivity index (χ0) is 27.6. The lowest BCUT2D eigenvalue weighted by atomic mass is 10.00. The molecule has 1 fully saturated rings. The van der Waals surface area contributed by atoms with Crippen LogP contribution in [0, 0.1) is 5.41 Å². The van der Waals surface area contributed by atoms with E-state index < -0.39 is 17.9 Å². The summed E-state index contributed by atoms with van der Waals surface area (Å²) in [6, 6.07) is 19.8. The van der Waals surface area contributed by atoms with Gasteiger partial charge in [0.05, 0.1) is 34.5 Å². The third kappa shape index (κ3) is 5.34. The van der Waals surface area contributed by atoms with Crippen LogP contribution < -0.4 is 10.4 Å². The van der Waals surface area contributed by atoms with E-state index in [1.807, 2.05) is 54.6 Å². The van der Waals surface area contributed by atoms with Crippen molar-refractivity contribution in [2.45, 2.75) is 24.7 Å². The van der Waals surface area contributed by atoms with Crippen LogP contribution in [0.1, 0.15) is 6.42 Å². The van der Waals surface area contributed by atoms with Crippen LogP contribution in [0.15, 0.2) is 71.8 Å². The number of fused-ring (bicyclic) bond motifs is 1. The predicted molar refractivity (Wildman–Crippen MR) is 149 cm³/mol. The van der Waals surface area contributed by atoms with Crippen LogP contribution >= 0.6 is 11.6 Å². The van der Waals surface area contributed by atoms with Gasteiger partial charge in [-0.05, 0) is 41.0 Å². The van der Waals surface area contributed by atoms with Crippen LogP contribution in [-0.4, -0.2) is 67.8 Å². The molecule has 0 saturated carbocycles. The maximum Gasteiger partial charge on any atom is 0.361 e. The van der Waals surface area contributed by atoms with Gasteiger partial charge in [0.25, 0.3) is 6.01 Å². The fourth-order valence-corrected chi connectivity index (χ4v) is 5.02. The lowest BCUT2D eigenvalue weighted by Gasteiger charge is -2.21. The summed E-state index contributed by atoms with van der Waals surface area (Å²) in [5.74, 6) is 0. The molecular weight excluding hydrogens is 536 g/mol. The third-order valence-corrected chi connectivity index (χ3v) is 7.07. The van der Waals surface area contributed by atoms with Crippen LogP contribution in [0.3, 0.4) is 0 Å². The lowest BCUT2D eigenvalue weighted by molar-refractivity contribution is -0.0154. The van der Waals surface area contributed by atoms with Crippen LogP contribution in [-0.2, 0) is 9.47 Å². The predicted octanol–water partition coefficient (Wildman–Crippen LogP) is 3.95. The van der Waals surface area contributed by atoms with Crippen molar-refractivity contribution in [2.24, 2.45) is 0 Å². The van der Waals surface area contributed by atoms with E-state index in [2.05, 4.69) is 20.1 Å². The minimum absolute atomic E-state index is 0.0854. The molecule has 0 unspecified atom stereocenters. The lowest BCUT2D eigenvalue weighted by Crippen LogP contribution is -2.36. The van der Waals surface area contributed by atoms with Crippen molar-refractivity contribution in [1.82, 2.24) is 24.7 Å². The molecule has 0 spiro atoms. The van der Waals surface area contributed by atoms with Crippen molar-refractivity contribution in [1.29, 1.82) is 5.41 Å². The molecule has 3 atom stereocenters. The summed E-state index contributed by atoms with van der Waals surface area (Å²) >= 11 is 6.66. The Kier molecular flexibility index (Phi) is 7.08.